The summed E-state index contributed by atoms with van der Waals surface area (Å²) in [5.41, 5.74) is 4.91. The van der Waals surface area contributed by atoms with E-state index in [2.05, 4.69) is 0 Å². The van der Waals surface area contributed by atoms with Crippen LogP contribution in [0, 0.1) is 5.92 Å². The second-order valence-electron chi connectivity index (χ2n) is 2.12. The molecule has 1 radical (unpaired) electrons. The van der Waals surface area contributed by atoms with Gasteiger partial charge in [-0.3, -0.25) is 4.79 Å². The Morgan fingerprint density at radius 1 is 1.67 bits per heavy atom. The van der Waals surface area contributed by atoms with Crippen molar-refractivity contribution in [2.75, 3.05) is 0 Å². The Hall–Kier alpha value is -0.570. The Kier molecular flexibility index (Phi) is 3.24. The molecule has 3 nitrogen and oxygen atoms in total. The molecule has 0 bridgehead atoms. The van der Waals surface area contributed by atoms with Gasteiger partial charge in [0.2, 0.25) is 5.91 Å². The molecule has 1 amide bonds. The summed E-state index contributed by atoms with van der Waals surface area (Å²) in [4.78, 5) is 10.4. The fourth-order valence-corrected chi connectivity index (χ4v) is 0.764. The molecule has 53 valence electrons. The monoisotopic (exact) mass is 130 g/mol. The Balaban J connectivity index is 3.83. The van der Waals surface area contributed by atoms with Crippen LogP contribution in [0.15, 0.2) is 0 Å². The van der Waals surface area contributed by atoms with Crippen molar-refractivity contribution in [2.24, 2.45) is 11.7 Å². The second kappa shape index (κ2) is 3.45. The maximum atomic E-state index is 10.6. The first-order valence-corrected chi connectivity index (χ1v) is 3.04. The molecule has 2 atom stereocenters. The van der Waals surface area contributed by atoms with Crippen LogP contribution in [-0.2, 0) is 9.90 Å². The third kappa shape index (κ3) is 2.46. The fraction of sp³-hybridized carbons (Fsp3) is 0.833. The zero-order chi connectivity index (χ0) is 7.44. The number of carbonyl (C=O) groups excluding carboxylic acids is 1. The van der Waals surface area contributed by atoms with Crippen LogP contribution in [0.2, 0.25) is 0 Å². The van der Waals surface area contributed by atoms with Gasteiger partial charge in [-0.1, -0.05) is 6.92 Å². The minimum absolute atomic E-state index is 0.486. The molecule has 0 aromatic carbocycles. The smallest absolute Gasteiger partial charge is 0.223 e. The lowest BCUT2D eigenvalue weighted by Gasteiger charge is -2.10. The number of hydrogen-bond acceptors (Lipinski definition) is 1. The lowest BCUT2D eigenvalue weighted by Crippen LogP contribution is -2.30. The maximum absolute atomic E-state index is 10.6. The molecule has 0 aromatic heterocycles. The normalized spacial score (nSPS) is 16.8. The van der Waals surface area contributed by atoms with Gasteiger partial charge >= 0.3 is 0 Å². The van der Waals surface area contributed by atoms with Crippen LogP contribution in [-0.4, -0.2) is 12.0 Å². The lowest BCUT2D eigenvalue weighted by atomic mass is 10.0. The lowest BCUT2D eigenvalue weighted by molar-refractivity contribution is -0.126. The van der Waals surface area contributed by atoms with E-state index >= 15 is 0 Å². The van der Waals surface area contributed by atoms with E-state index in [1.54, 1.807) is 6.92 Å². The predicted octanol–water partition coefficient (Wildman–Crippen LogP) is 0.317. The summed E-state index contributed by atoms with van der Waals surface area (Å²) in [5, 5.41) is 10.6. The average Bonchev–Trinajstić information content (AvgIpc) is 1.64. The molecule has 2 N–H and O–H groups in total. The van der Waals surface area contributed by atoms with E-state index in [1.807, 2.05) is 0 Å². The molecule has 0 fully saturated rings. The predicted molar refractivity (Wildman–Crippen MR) is 33.1 cm³/mol. The summed E-state index contributed by atoms with van der Waals surface area (Å²) in [6, 6.07) is 0. The first-order chi connectivity index (χ1) is 4.09. The number of rotatable bonds is 3. The summed E-state index contributed by atoms with van der Waals surface area (Å²) in [6.45, 7) is 3.24. The van der Waals surface area contributed by atoms with Gasteiger partial charge in [0.05, 0.1) is 5.92 Å². The third-order valence-electron chi connectivity index (χ3n) is 1.37. The summed E-state index contributed by atoms with van der Waals surface area (Å²) >= 11 is 0. The number of primary amides is 1. The van der Waals surface area contributed by atoms with Crippen molar-refractivity contribution in [2.45, 2.75) is 26.4 Å². The highest BCUT2D eigenvalue weighted by Crippen LogP contribution is 2.06. The molecule has 0 saturated heterocycles. The highest BCUT2D eigenvalue weighted by molar-refractivity contribution is 5.77. The molecule has 0 aliphatic rings. The Labute approximate surface area is 54.9 Å². The number of carbonyl (C=O) groups is 1. The first kappa shape index (κ1) is 8.43. The van der Waals surface area contributed by atoms with Crippen molar-refractivity contribution < 1.29 is 9.90 Å². The largest absolute Gasteiger partial charge is 0.369 e. The standard InChI is InChI=1S/C6H12NO2/c1-3-5(4(2)8)6(7)9/h4-5H,3H2,1-2H3,(H2,7,9). The third-order valence-corrected chi connectivity index (χ3v) is 1.37. The van der Waals surface area contributed by atoms with Gasteiger partial charge < -0.3 is 5.73 Å². The van der Waals surface area contributed by atoms with Crippen molar-refractivity contribution >= 4 is 5.91 Å². The van der Waals surface area contributed by atoms with Crippen LogP contribution < -0.4 is 5.73 Å². The molecule has 0 spiro atoms. The Morgan fingerprint density at radius 3 is 2.11 bits per heavy atom. The zero-order valence-corrected chi connectivity index (χ0v) is 5.76. The summed E-state index contributed by atoms with van der Waals surface area (Å²) in [6.07, 6.45) is -0.326. The van der Waals surface area contributed by atoms with Gasteiger partial charge in [-0.2, -0.15) is 0 Å². The SMILES string of the molecule is CCC(C(N)=O)C(C)[O]. The van der Waals surface area contributed by atoms with Gasteiger partial charge in [0, 0.05) is 0 Å². The average molecular weight is 130 g/mol. The van der Waals surface area contributed by atoms with Crippen LogP contribution in [0.25, 0.3) is 0 Å². The molecular weight excluding hydrogens is 118 g/mol. The molecule has 0 saturated carbocycles. The van der Waals surface area contributed by atoms with E-state index in [-0.39, 0.29) is 0 Å². The van der Waals surface area contributed by atoms with E-state index in [0.29, 0.717) is 6.42 Å². The molecule has 0 aliphatic heterocycles. The fourth-order valence-electron chi connectivity index (χ4n) is 0.764. The molecule has 0 aliphatic carbocycles. The minimum Gasteiger partial charge on any atom is -0.369 e. The van der Waals surface area contributed by atoms with Crippen molar-refractivity contribution in [3.63, 3.8) is 0 Å². The Morgan fingerprint density at radius 2 is 2.11 bits per heavy atom. The van der Waals surface area contributed by atoms with E-state index in [0.717, 1.165) is 0 Å². The molecule has 3 heteroatoms. The van der Waals surface area contributed by atoms with E-state index < -0.39 is 17.9 Å². The molecule has 0 heterocycles. The van der Waals surface area contributed by atoms with Gasteiger partial charge in [0.15, 0.2) is 0 Å². The number of nitrogens with two attached hydrogens (primary N) is 1. The molecule has 2 unspecified atom stereocenters. The molecular formula is C6H12NO2. The first-order valence-electron chi connectivity index (χ1n) is 3.04. The van der Waals surface area contributed by atoms with Gasteiger partial charge in [-0.05, 0) is 13.3 Å². The second-order valence-corrected chi connectivity index (χ2v) is 2.12. The van der Waals surface area contributed by atoms with Crippen molar-refractivity contribution in [3.05, 3.63) is 0 Å². The Bertz CT molecular complexity index is 101. The van der Waals surface area contributed by atoms with Gasteiger partial charge in [0.1, 0.15) is 6.10 Å². The molecule has 0 rings (SSSR count). The van der Waals surface area contributed by atoms with Gasteiger partial charge in [-0.25, -0.2) is 5.11 Å². The maximum Gasteiger partial charge on any atom is 0.223 e. The van der Waals surface area contributed by atoms with Crippen LogP contribution in [0.1, 0.15) is 20.3 Å². The highest BCUT2D eigenvalue weighted by Gasteiger charge is 2.19. The topological polar surface area (TPSA) is 63.0 Å². The van der Waals surface area contributed by atoms with Crippen LogP contribution in [0.4, 0.5) is 0 Å². The highest BCUT2D eigenvalue weighted by atomic mass is 16.3. The summed E-state index contributed by atoms with van der Waals surface area (Å²) < 4.78 is 0. The van der Waals surface area contributed by atoms with E-state index in [4.69, 9.17) is 5.73 Å². The van der Waals surface area contributed by atoms with Crippen molar-refractivity contribution in [1.82, 2.24) is 0 Å². The summed E-state index contributed by atoms with van der Waals surface area (Å²) in [5.74, 6) is -0.981. The zero-order valence-electron chi connectivity index (χ0n) is 5.76. The minimum atomic E-state index is -0.868. The van der Waals surface area contributed by atoms with Gasteiger partial charge in [0.25, 0.3) is 0 Å². The van der Waals surface area contributed by atoms with Crippen molar-refractivity contribution in [3.8, 4) is 0 Å². The van der Waals surface area contributed by atoms with Gasteiger partial charge in [-0.15, -0.1) is 0 Å². The number of hydrogen-bond donors (Lipinski definition) is 1. The van der Waals surface area contributed by atoms with Crippen LogP contribution >= 0.6 is 0 Å². The van der Waals surface area contributed by atoms with E-state index in [9.17, 15) is 9.90 Å². The van der Waals surface area contributed by atoms with Crippen LogP contribution in [0.5, 0.6) is 0 Å². The van der Waals surface area contributed by atoms with Crippen LogP contribution in [0.3, 0.4) is 0 Å². The molecule has 0 aromatic rings. The number of amides is 1. The molecule has 9 heavy (non-hydrogen) atoms. The van der Waals surface area contributed by atoms with Crippen molar-refractivity contribution in [1.29, 1.82) is 0 Å². The van der Waals surface area contributed by atoms with E-state index in [1.165, 1.54) is 6.92 Å². The summed E-state index contributed by atoms with van der Waals surface area (Å²) in [7, 11) is 0. The quantitative estimate of drug-likeness (QED) is 0.587.